The predicted molar refractivity (Wildman–Crippen MR) is 108 cm³/mol. The highest BCUT2D eigenvalue weighted by atomic mass is 79.9. The molecule has 138 valence electrons. The second kappa shape index (κ2) is 9.73. The van der Waals surface area contributed by atoms with Crippen LogP contribution in [0.15, 0.2) is 51.8 Å². The first-order valence-electron chi connectivity index (χ1n) is 8.21. The lowest BCUT2D eigenvalue weighted by Gasteiger charge is -2.13. The first-order chi connectivity index (χ1) is 12.4. The standard InChI is InChI=1S/C19H20BrFN2O2S/c1-3-4-18(24)22-14-6-8-15(9-7-14)26-12(2)19(25)23-17-10-5-13(20)11-16(17)21/h5-12H,3-4H2,1-2H3,(H,22,24)(H,23,25). The van der Waals surface area contributed by atoms with Crippen LogP contribution in [0.25, 0.3) is 0 Å². The van der Waals surface area contributed by atoms with Crippen LogP contribution in [0.1, 0.15) is 26.7 Å². The van der Waals surface area contributed by atoms with E-state index in [-0.39, 0.29) is 17.5 Å². The average Bonchev–Trinajstić information content (AvgIpc) is 2.59. The average molecular weight is 439 g/mol. The molecule has 2 aromatic rings. The van der Waals surface area contributed by atoms with Gasteiger partial charge in [-0.2, -0.15) is 0 Å². The normalized spacial score (nSPS) is 11.7. The highest BCUT2D eigenvalue weighted by Gasteiger charge is 2.16. The summed E-state index contributed by atoms with van der Waals surface area (Å²) in [6.45, 7) is 3.71. The van der Waals surface area contributed by atoms with Crippen molar-refractivity contribution >= 4 is 50.9 Å². The van der Waals surface area contributed by atoms with E-state index in [9.17, 15) is 14.0 Å². The molecule has 0 radical (unpaired) electrons. The zero-order valence-electron chi connectivity index (χ0n) is 14.5. The lowest BCUT2D eigenvalue weighted by atomic mass is 10.3. The summed E-state index contributed by atoms with van der Waals surface area (Å²) in [4.78, 5) is 24.7. The van der Waals surface area contributed by atoms with Gasteiger partial charge in [-0.15, -0.1) is 11.8 Å². The minimum absolute atomic E-state index is 0.0165. The van der Waals surface area contributed by atoms with E-state index in [0.717, 1.165) is 17.0 Å². The van der Waals surface area contributed by atoms with Gasteiger partial charge < -0.3 is 10.6 Å². The minimum Gasteiger partial charge on any atom is -0.326 e. The third kappa shape index (κ3) is 6.14. The molecule has 0 saturated heterocycles. The van der Waals surface area contributed by atoms with E-state index in [4.69, 9.17) is 0 Å². The van der Waals surface area contributed by atoms with Crippen LogP contribution in [0.5, 0.6) is 0 Å². The number of carbonyl (C=O) groups excluding carboxylic acids is 2. The van der Waals surface area contributed by atoms with Gasteiger partial charge in [0.1, 0.15) is 5.82 Å². The maximum absolute atomic E-state index is 13.8. The van der Waals surface area contributed by atoms with Crippen molar-refractivity contribution in [2.24, 2.45) is 0 Å². The fourth-order valence-corrected chi connectivity index (χ4v) is 3.35. The number of halogens is 2. The van der Waals surface area contributed by atoms with Gasteiger partial charge in [-0.05, 0) is 55.8 Å². The summed E-state index contributed by atoms with van der Waals surface area (Å²) in [5.74, 6) is -0.786. The van der Waals surface area contributed by atoms with Gasteiger partial charge in [0.15, 0.2) is 0 Å². The Morgan fingerprint density at radius 2 is 1.85 bits per heavy atom. The lowest BCUT2D eigenvalue weighted by Crippen LogP contribution is -2.22. The van der Waals surface area contributed by atoms with E-state index >= 15 is 0 Å². The van der Waals surface area contributed by atoms with E-state index in [1.807, 2.05) is 19.1 Å². The molecule has 0 spiro atoms. The summed E-state index contributed by atoms with van der Waals surface area (Å²) in [5, 5.41) is 5.01. The quantitative estimate of drug-likeness (QED) is 0.565. The molecule has 7 heteroatoms. The molecule has 0 aromatic heterocycles. The number of carbonyl (C=O) groups is 2. The third-order valence-electron chi connectivity index (χ3n) is 3.49. The van der Waals surface area contributed by atoms with Crippen molar-refractivity contribution in [1.82, 2.24) is 0 Å². The van der Waals surface area contributed by atoms with Crippen molar-refractivity contribution in [2.45, 2.75) is 36.8 Å². The molecule has 0 aliphatic heterocycles. The van der Waals surface area contributed by atoms with Crippen LogP contribution >= 0.6 is 27.7 Å². The van der Waals surface area contributed by atoms with Gasteiger partial charge in [0.25, 0.3) is 0 Å². The SMILES string of the molecule is CCCC(=O)Nc1ccc(SC(C)C(=O)Nc2ccc(Br)cc2F)cc1. The van der Waals surface area contributed by atoms with Crippen LogP contribution in [-0.4, -0.2) is 17.1 Å². The second-order valence-corrected chi connectivity index (χ2v) is 8.03. The summed E-state index contributed by atoms with van der Waals surface area (Å²) in [5.41, 5.74) is 0.876. The van der Waals surface area contributed by atoms with Gasteiger partial charge in [-0.1, -0.05) is 22.9 Å². The molecular weight excluding hydrogens is 419 g/mol. The van der Waals surface area contributed by atoms with E-state index < -0.39 is 11.1 Å². The van der Waals surface area contributed by atoms with Gasteiger partial charge in [-0.25, -0.2) is 4.39 Å². The van der Waals surface area contributed by atoms with E-state index in [0.29, 0.717) is 10.9 Å². The van der Waals surface area contributed by atoms with Crippen LogP contribution in [0, 0.1) is 5.82 Å². The molecule has 0 saturated carbocycles. The summed E-state index contributed by atoms with van der Waals surface area (Å²) in [7, 11) is 0. The molecule has 2 N–H and O–H groups in total. The molecule has 2 rings (SSSR count). The Labute approximate surface area is 165 Å². The van der Waals surface area contributed by atoms with E-state index in [2.05, 4.69) is 26.6 Å². The molecule has 2 amide bonds. The monoisotopic (exact) mass is 438 g/mol. The summed E-state index contributed by atoms with van der Waals surface area (Å²) in [6.07, 6.45) is 1.28. The van der Waals surface area contributed by atoms with Crippen molar-refractivity contribution in [3.8, 4) is 0 Å². The highest BCUT2D eigenvalue weighted by molar-refractivity contribution is 9.10. The summed E-state index contributed by atoms with van der Waals surface area (Å²) < 4.78 is 14.4. The lowest BCUT2D eigenvalue weighted by molar-refractivity contribution is -0.116. The molecule has 2 aromatic carbocycles. The Hall–Kier alpha value is -1.86. The number of nitrogens with one attached hydrogen (secondary N) is 2. The smallest absolute Gasteiger partial charge is 0.237 e. The van der Waals surface area contributed by atoms with Crippen molar-refractivity contribution in [3.63, 3.8) is 0 Å². The molecule has 26 heavy (non-hydrogen) atoms. The predicted octanol–water partition coefficient (Wildman–Crippen LogP) is 5.45. The Balaban J connectivity index is 1.92. The number of thioether (sulfide) groups is 1. The zero-order valence-corrected chi connectivity index (χ0v) is 16.9. The molecule has 0 bridgehead atoms. The fourth-order valence-electron chi connectivity index (χ4n) is 2.15. The number of anilines is 2. The van der Waals surface area contributed by atoms with Crippen molar-refractivity contribution in [2.75, 3.05) is 10.6 Å². The van der Waals surface area contributed by atoms with Gasteiger partial charge >= 0.3 is 0 Å². The number of amides is 2. The Bertz CT molecular complexity index is 784. The largest absolute Gasteiger partial charge is 0.326 e. The number of benzene rings is 2. The van der Waals surface area contributed by atoms with Crippen molar-refractivity contribution in [3.05, 3.63) is 52.8 Å². The number of hydrogen-bond acceptors (Lipinski definition) is 3. The van der Waals surface area contributed by atoms with Crippen LogP contribution in [0.2, 0.25) is 0 Å². The van der Waals surface area contributed by atoms with Gasteiger partial charge in [0, 0.05) is 21.5 Å². The molecule has 0 aliphatic carbocycles. The van der Waals surface area contributed by atoms with Crippen LogP contribution in [0.3, 0.4) is 0 Å². The number of rotatable bonds is 7. The Morgan fingerprint density at radius 3 is 2.46 bits per heavy atom. The number of hydrogen-bond donors (Lipinski definition) is 2. The molecule has 0 fully saturated rings. The fraction of sp³-hybridized carbons (Fsp3) is 0.263. The van der Waals surface area contributed by atoms with E-state index in [1.165, 1.54) is 23.9 Å². The molecule has 4 nitrogen and oxygen atoms in total. The van der Waals surface area contributed by atoms with E-state index in [1.54, 1.807) is 25.1 Å². The minimum atomic E-state index is -0.489. The maximum Gasteiger partial charge on any atom is 0.237 e. The molecule has 1 atom stereocenters. The third-order valence-corrected chi connectivity index (χ3v) is 5.09. The summed E-state index contributed by atoms with van der Waals surface area (Å²) in [6, 6.07) is 11.8. The van der Waals surface area contributed by atoms with Gasteiger partial charge in [-0.3, -0.25) is 9.59 Å². The summed E-state index contributed by atoms with van der Waals surface area (Å²) >= 11 is 4.54. The first kappa shape index (κ1) is 20.5. The van der Waals surface area contributed by atoms with Crippen LogP contribution in [-0.2, 0) is 9.59 Å². The topological polar surface area (TPSA) is 58.2 Å². The molecule has 0 heterocycles. The van der Waals surface area contributed by atoms with Crippen molar-refractivity contribution < 1.29 is 14.0 Å². The van der Waals surface area contributed by atoms with Gasteiger partial charge in [0.05, 0.1) is 10.9 Å². The Kier molecular flexibility index (Phi) is 7.66. The Morgan fingerprint density at radius 1 is 1.15 bits per heavy atom. The zero-order chi connectivity index (χ0) is 19.1. The first-order valence-corrected chi connectivity index (χ1v) is 9.88. The van der Waals surface area contributed by atoms with Crippen molar-refractivity contribution in [1.29, 1.82) is 0 Å². The molecule has 0 aliphatic rings. The van der Waals surface area contributed by atoms with Crippen LogP contribution in [0.4, 0.5) is 15.8 Å². The molecular formula is C19H20BrFN2O2S. The van der Waals surface area contributed by atoms with Crippen LogP contribution < -0.4 is 10.6 Å². The van der Waals surface area contributed by atoms with Gasteiger partial charge in [0.2, 0.25) is 11.8 Å². The molecule has 1 unspecified atom stereocenters. The highest BCUT2D eigenvalue weighted by Crippen LogP contribution is 2.26. The second-order valence-electron chi connectivity index (χ2n) is 5.70. The maximum atomic E-state index is 13.8.